The number of amides is 1. The van der Waals surface area contributed by atoms with Gasteiger partial charge in [0.05, 0.1) is 0 Å². The first kappa shape index (κ1) is 13.5. The van der Waals surface area contributed by atoms with E-state index in [2.05, 4.69) is 15.5 Å². The number of hydrogen-bond acceptors (Lipinski definition) is 3. The third-order valence-corrected chi connectivity index (χ3v) is 3.38. The fourth-order valence-electron chi connectivity index (χ4n) is 2.36. The SMILES string of the molecule is CNCCC1CCCCN1CCC(=O)NC. The number of likely N-dealkylation sites (tertiary alicyclic amines) is 1. The summed E-state index contributed by atoms with van der Waals surface area (Å²) < 4.78 is 0. The van der Waals surface area contributed by atoms with E-state index in [0.29, 0.717) is 12.5 Å². The van der Waals surface area contributed by atoms with Crippen molar-refractivity contribution in [1.82, 2.24) is 15.5 Å². The van der Waals surface area contributed by atoms with Gasteiger partial charge in [-0.3, -0.25) is 9.69 Å². The summed E-state index contributed by atoms with van der Waals surface area (Å²) in [4.78, 5) is 13.7. The summed E-state index contributed by atoms with van der Waals surface area (Å²) in [7, 11) is 3.70. The van der Waals surface area contributed by atoms with Crippen LogP contribution in [0.25, 0.3) is 0 Å². The van der Waals surface area contributed by atoms with Gasteiger partial charge >= 0.3 is 0 Å². The molecule has 16 heavy (non-hydrogen) atoms. The van der Waals surface area contributed by atoms with Crippen LogP contribution >= 0.6 is 0 Å². The van der Waals surface area contributed by atoms with Crippen LogP contribution in [0.5, 0.6) is 0 Å². The molecule has 1 aliphatic heterocycles. The van der Waals surface area contributed by atoms with E-state index in [0.717, 1.165) is 19.6 Å². The van der Waals surface area contributed by atoms with Crippen LogP contribution in [-0.4, -0.2) is 50.6 Å². The number of carbonyl (C=O) groups excluding carboxylic acids is 1. The quantitative estimate of drug-likeness (QED) is 0.698. The van der Waals surface area contributed by atoms with Gasteiger partial charge in [0.15, 0.2) is 0 Å². The van der Waals surface area contributed by atoms with Crippen molar-refractivity contribution in [2.75, 3.05) is 33.7 Å². The molecular weight excluding hydrogens is 202 g/mol. The molecule has 1 saturated heterocycles. The Hall–Kier alpha value is -0.610. The summed E-state index contributed by atoms with van der Waals surface area (Å²) in [6, 6.07) is 0.672. The topological polar surface area (TPSA) is 44.4 Å². The average Bonchev–Trinajstić information content (AvgIpc) is 2.34. The molecule has 1 aliphatic rings. The first-order valence-corrected chi connectivity index (χ1v) is 6.37. The molecule has 1 fully saturated rings. The molecule has 1 unspecified atom stereocenters. The minimum absolute atomic E-state index is 0.151. The Morgan fingerprint density at radius 2 is 2.19 bits per heavy atom. The van der Waals surface area contributed by atoms with Crippen molar-refractivity contribution in [3.8, 4) is 0 Å². The van der Waals surface area contributed by atoms with Gasteiger partial charge in [-0.25, -0.2) is 0 Å². The number of nitrogens with zero attached hydrogens (tertiary/aromatic N) is 1. The molecule has 2 N–H and O–H groups in total. The summed E-state index contributed by atoms with van der Waals surface area (Å²) in [6.07, 6.45) is 5.74. The summed E-state index contributed by atoms with van der Waals surface area (Å²) in [5.74, 6) is 0.151. The van der Waals surface area contributed by atoms with Crippen molar-refractivity contribution in [2.24, 2.45) is 0 Å². The van der Waals surface area contributed by atoms with Crippen LogP contribution in [0, 0.1) is 0 Å². The second kappa shape index (κ2) is 7.63. The molecule has 0 spiro atoms. The fourth-order valence-corrected chi connectivity index (χ4v) is 2.36. The largest absolute Gasteiger partial charge is 0.359 e. The van der Waals surface area contributed by atoms with E-state index >= 15 is 0 Å². The molecular formula is C12H25N3O. The highest BCUT2D eigenvalue weighted by atomic mass is 16.1. The molecule has 1 heterocycles. The average molecular weight is 227 g/mol. The predicted molar refractivity (Wildman–Crippen MR) is 66.4 cm³/mol. The third kappa shape index (κ3) is 4.49. The Balaban J connectivity index is 2.31. The second-order valence-electron chi connectivity index (χ2n) is 4.50. The Kier molecular flexibility index (Phi) is 6.42. The number of nitrogens with one attached hydrogen (secondary N) is 2. The summed E-state index contributed by atoms with van der Waals surface area (Å²) in [5.41, 5.74) is 0. The minimum atomic E-state index is 0.151. The molecule has 0 radical (unpaired) electrons. The van der Waals surface area contributed by atoms with Crippen LogP contribution in [0.2, 0.25) is 0 Å². The molecule has 0 aromatic rings. The molecule has 94 valence electrons. The molecule has 1 atom stereocenters. The molecule has 0 bridgehead atoms. The molecule has 0 aromatic heterocycles. The lowest BCUT2D eigenvalue weighted by Crippen LogP contribution is -2.42. The standard InChI is InChI=1S/C12H25N3O/c1-13-8-6-11-5-3-4-9-15(11)10-7-12(16)14-2/h11,13H,3-10H2,1-2H3,(H,14,16). The van der Waals surface area contributed by atoms with Gasteiger partial charge < -0.3 is 10.6 Å². The van der Waals surface area contributed by atoms with Gasteiger partial charge in [0.25, 0.3) is 0 Å². The molecule has 0 saturated carbocycles. The van der Waals surface area contributed by atoms with Crippen LogP contribution in [0.4, 0.5) is 0 Å². The van der Waals surface area contributed by atoms with Crippen LogP contribution < -0.4 is 10.6 Å². The van der Waals surface area contributed by atoms with Crippen LogP contribution in [0.1, 0.15) is 32.1 Å². The van der Waals surface area contributed by atoms with E-state index in [1.807, 2.05) is 7.05 Å². The van der Waals surface area contributed by atoms with Gasteiger partial charge in [-0.1, -0.05) is 6.42 Å². The molecule has 0 aromatic carbocycles. The highest BCUT2D eigenvalue weighted by Crippen LogP contribution is 2.19. The van der Waals surface area contributed by atoms with Crippen molar-refractivity contribution >= 4 is 5.91 Å². The van der Waals surface area contributed by atoms with Crippen molar-refractivity contribution in [2.45, 2.75) is 38.1 Å². The van der Waals surface area contributed by atoms with E-state index in [9.17, 15) is 4.79 Å². The minimum Gasteiger partial charge on any atom is -0.359 e. The highest BCUT2D eigenvalue weighted by Gasteiger charge is 2.21. The van der Waals surface area contributed by atoms with Crippen molar-refractivity contribution in [3.05, 3.63) is 0 Å². The van der Waals surface area contributed by atoms with Gasteiger partial charge in [0, 0.05) is 26.1 Å². The Labute approximate surface area is 98.8 Å². The molecule has 1 rings (SSSR count). The van der Waals surface area contributed by atoms with Gasteiger partial charge in [0.1, 0.15) is 0 Å². The smallest absolute Gasteiger partial charge is 0.221 e. The van der Waals surface area contributed by atoms with Gasteiger partial charge in [-0.2, -0.15) is 0 Å². The van der Waals surface area contributed by atoms with E-state index in [-0.39, 0.29) is 5.91 Å². The fraction of sp³-hybridized carbons (Fsp3) is 0.917. The number of piperidine rings is 1. The zero-order chi connectivity index (χ0) is 11.8. The summed E-state index contributed by atoms with van der Waals surface area (Å²) in [6.45, 7) is 3.14. The maximum Gasteiger partial charge on any atom is 0.221 e. The maximum atomic E-state index is 11.2. The van der Waals surface area contributed by atoms with Gasteiger partial charge in [-0.15, -0.1) is 0 Å². The zero-order valence-corrected chi connectivity index (χ0v) is 10.6. The Morgan fingerprint density at radius 1 is 1.38 bits per heavy atom. The van der Waals surface area contributed by atoms with Gasteiger partial charge in [0.2, 0.25) is 5.91 Å². The Morgan fingerprint density at radius 3 is 2.88 bits per heavy atom. The summed E-state index contributed by atoms with van der Waals surface area (Å²) >= 11 is 0. The Bertz CT molecular complexity index is 208. The second-order valence-corrected chi connectivity index (χ2v) is 4.50. The van der Waals surface area contributed by atoms with Crippen LogP contribution in [-0.2, 0) is 4.79 Å². The number of hydrogen-bond donors (Lipinski definition) is 2. The maximum absolute atomic E-state index is 11.2. The third-order valence-electron chi connectivity index (χ3n) is 3.38. The normalized spacial score (nSPS) is 22.0. The van der Waals surface area contributed by atoms with E-state index in [1.54, 1.807) is 7.05 Å². The first-order valence-electron chi connectivity index (χ1n) is 6.37. The van der Waals surface area contributed by atoms with Crippen LogP contribution in [0.3, 0.4) is 0 Å². The lowest BCUT2D eigenvalue weighted by Gasteiger charge is -2.35. The lowest BCUT2D eigenvalue weighted by atomic mass is 9.99. The molecule has 4 heteroatoms. The van der Waals surface area contributed by atoms with Crippen LogP contribution in [0.15, 0.2) is 0 Å². The predicted octanol–water partition coefficient (Wildman–Crippen LogP) is 0.587. The van der Waals surface area contributed by atoms with E-state index < -0.39 is 0 Å². The van der Waals surface area contributed by atoms with Gasteiger partial charge in [-0.05, 0) is 39.4 Å². The van der Waals surface area contributed by atoms with Crippen molar-refractivity contribution in [1.29, 1.82) is 0 Å². The molecule has 4 nitrogen and oxygen atoms in total. The molecule has 1 amide bonds. The monoisotopic (exact) mass is 227 g/mol. The number of rotatable bonds is 6. The first-order chi connectivity index (χ1) is 7.77. The summed E-state index contributed by atoms with van der Waals surface area (Å²) in [5, 5.41) is 5.89. The highest BCUT2D eigenvalue weighted by molar-refractivity contribution is 5.75. The van der Waals surface area contributed by atoms with E-state index in [4.69, 9.17) is 0 Å². The van der Waals surface area contributed by atoms with E-state index in [1.165, 1.54) is 25.7 Å². The molecule has 0 aliphatic carbocycles. The number of carbonyl (C=O) groups is 1. The van der Waals surface area contributed by atoms with Crippen molar-refractivity contribution < 1.29 is 4.79 Å². The zero-order valence-electron chi connectivity index (χ0n) is 10.6. The lowest BCUT2D eigenvalue weighted by molar-refractivity contribution is -0.121. The van der Waals surface area contributed by atoms with Crippen molar-refractivity contribution in [3.63, 3.8) is 0 Å².